The molecule has 2 aromatic rings. The molecule has 4 rings (SSSR count). The fourth-order valence-electron chi connectivity index (χ4n) is 3.71. The lowest BCUT2D eigenvalue weighted by Gasteiger charge is -2.48. The zero-order chi connectivity index (χ0) is 15.5. The van der Waals surface area contributed by atoms with Gasteiger partial charge in [-0.25, -0.2) is 0 Å². The molecule has 2 aliphatic heterocycles. The number of hydrogen-bond acceptors (Lipinski definition) is 6. The first-order valence-corrected chi connectivity index (χ1v) is 9.12. The van der Waals surface area contributed by atoms with Crippen molar-refractivity contribution in [3.63, 3.8) is 0 Å². The van der Waals surface area contributed by atoms with Gasteiger partial charge >= 0.3 is 0 Å². The molecule has 5 nitrogen and oxygen atoms in total. The van der Waals surface area contributed by atoms with Crippen LogP contribution in [0.25, 0.3) is 0 Å². The van der Waals surface area contributed by atoms with Crippen molar-refractivity contribution in [2.75, 3.05) is 37.7 Å². The summed E-state index contributed by atoms with van der Waals surface area (Å²) < 4.78 is 6.28. The molecule has 1 spiro atoms. The topological polar surface area (TPSA) is 41.5 Å². The number of anilines is 1. The maximum atomic E-state index is 6.28. The molecular formula is C17H22N4OS. The number of rotatable bonds is 3. The summed E-state index contributed by atoms with van der Waals surface area (Å²) in [6.07, 6.45) is 2.28. The van der Waals surface area contributed by atoms with Crippen molar-refractivity contribution in [2.24, 2.45) is 0 Å². The summed E-state index contributed by atoms with van der Waals surface area (Å²) in [6, 6.07) is 10.7. The summed E-state index contributed by atoms with van der Waals surface area (Å²) in [5, 5.41) is 9.23. The highest BCUT2D eigenvalue weighted by molar-refractivity contribution is 7.13. The number of aromatic nitrogens is 2. The third-order valence-corrected chi connectivity index (χ3v) is 5.49. The Bertz CT molecular complexity index is 617. The van der Waals surface area contributed by atoms with E-state index in [0.29, 0.717) is 0 Å². The van der Waals surface area contributed by atoms with Crippen molar-refractivity contribution in [3.05, 3.63) is 41.4 Å². The van der Waals surface area contributed by atoms with E-state index in [9.17, 15) is 0 Å². The van der Waals surface area contributed by atoms with Crippen LogP contribution in [0.5, 0.6) is 0 Å². The van der Waals surface area contributed by atoms with Crippen molar-refractivity contribution in [1.29, 1.82) is 0 Å². The molecular weight excluding hydrogens is 308 g/mol. The number of piperidine rings is 1. The van der Waals surface area contributed by atoms with Gasteiger partial charge in [-0.05, 0) is 18.4 Å². The standard InChI is InChI=1S/C17H22N4OS/c1-2-5-15(6-3-1)11-20-9-10-22-17(12-20)7-4-8-21(13-17)16-19-18-14-23-16/h1-3,5-6,14H,4,7-13H2. The third kappa shape index (κ3) is 3.39. The average molecular weight is 330 g/mol. The second-order valence-electron chi connectivity index (χ2n) is 6.47. The number of hydrogen-bond donors (Lipinski definition) is 0. The van der Waals surface area contributed by atoms with E-state index in [1.807, 2.05) is 0 Å². The molecule has 0 aliphatic carbocycles. The Kier molecular flexibility index (Phi) is 4.29. The van der Waals surface area contributed by atoms with E-state index in [0.717, 1.165) is 57.3 Å². The number of benzene rings is 1. The van der Waals surface area contributed by atoms with Crippen molar-refractivity contribution in [1.82, 2.24) is 15.1 Å². The van der Waals surface area contributed by atoms with Gasteiger partial charge in [0.1, 0.15) is 5.51 Å². The van der Waals surface area contributed by atoms with Crippen LogP contribution in [0.3, 0.4) is 0 Å². The minimum atomic E-state index is -0.0586. The van der Waals surface area contributed by atoms with Gasteiger partial charge in [-0.15, -0.1) is 10.2 Å². The van der Waals surface area contributed by atoms with Crippen molar-refractivity contribution in [2.45, 2.75) is 25.0 Å². The minimum absolute atomic E-state index is 0.0586. The van der Waals surface area contributed by atoms with Crippen LogP contribution in [0.4, 0.5) is 5.13 Å². The molecule has 1 atom stereocenters. The summed E-state index contributed by atoms with van der Waals surface area (Å²) in [5.74, 6) is 0. The van der Waals surface area contributed by atoms with Crippen LogP contribution in [0, 0.1) is 0 Å². The lowest BCUT2D eigenvalue weighted by Crippen LogP contribution is -2.59. The SMILES string of the molecule is c1ccc(CN2CCOC3(CCCN(c4nncs4)C3)C2)cc1. The highest BCUT2D eigenvalue weighted by Crippen LogP contribution is 2.32. The van der Waals surface area contributed by atoms with Crippen LogP contribution >= 0.6 is 11.3 Å². The Morgan fingerprint density at radius 2 is 2.09 bits per heavy atom. The van der Waals surface area contributed by atoms with E-state index in [1.54, 1.807) is 16.8 Å². The molecule has 1 aromatic heterocycles. The first-order valence-electron chi connectivity index (χ1n) is 8.24. The molecule has 0 amide bonds. The lowest BCUT2D eigenvalue weighted by molar-refractivity contribution is -0.116. The normalized spacial score (nSPS) is 25.8. The highest BCUT2D eigenvalue weighted by atomic mass is 32.1. The molecule has 0 bridgehead atoms. The Morgan fingerprint density at radius 3 is 2.91 bits per heavy atom. The lowest BCUT2D eigenvalue weighted by atomic mass is 9.91. The summed E-state index contributed by atoms with van der Waals surface area (Å²) in [7, 11) is 0. The first-order chi connectivity index (χ1) is 11.3. The average Bonchev–Trinajstić information content (AvgIpc) is 3.10. The fourth-order valence-corrected chi connectivity index (χ4v) is 4.30. The van der Waals surface area contributed by atoms with Gasteiger partial charge in [0.05, 0.1) is 18.8 Å². The predicted octanol–water partition coefficient (Wildman–Crippen LogP) is 2.41. The zero-order valence-corrected chi connectivity index (χ0v) is 14.0. The summed E-state index contributed by atoms with van der Waals surface area (Å²) in [5.41, 5.74) is 3.12. The van der Waals surface area contributed by atoms with Crippen LogP contribution in [0.2, 0.25) is 0 Å². The molecule has 0 saturated carbocycles. The molecule has 23 heavy (non-hydrogen) atoms. The Morgan fingerprint density at radius 1 is 1.17 bits per heavy atom. The minimum Gasteiger partial charge on any atom is -0.370 e. The molecule has 3 heterocycles. The monoisotopic (exact) mass is 330 g/mol. The van der Waals surface area contributed by atoms with Gasteiger partial charge in [0, 0.05) is 26.2 Å². The van der Waals surface area contributed by atoms with Crippen molar-refractivity contribution in [3.8, 4) is 0 Å². The molecule has 2 fully saturated rings. The van der Waals surface area contributed by atoms with Crippen LogP contribution in [-0.4, -0.2) is 53.5 Å². The van der Waals surface area contributed by atoms with Gasteiger partial charge in [0.2, 0.25) is 5.13 Å². The highest BCUT2D eigenvalue weighted by Gasteiger charge is 2.41. The van der Waals surface area contributed by atoms with Crippen molar-refractivity contribution >= 4 is 16.5 Å². The molecule has 6 heteroatoms. The number of morpholine rings is 1. The molecule has 1 aromatic carbocycles. The first kappa shape index (κ1) is 15.1. The maximum Gasteiger partial charge on any atom is 0.208 e. The fraction of sp³-hybridized carbons (Fsp3) is 0.529. The van der Waals surface area contributed by atoms with Gasteiger partial charge in [0.25, 0.3) is 0 Å². The maximum absolute atomic E-state index is 6.28. The smallest absolute Gasteiger partial charge is 0.208 e. The van der Waals surface area contributed by atoms with Gasteiger partial charge in [-0.2, -0.15) is 0 Å². The number of ether oxygens (including phenoxy) is 1. The van der Waals surface area contributed by atoms with Crippen LogP contribution < -0.4 is 4.90 Å². The van der Waals surface area contributed by atoms with E-state index >= 15 is 0 Å². The predicted molar refractivity (Wildman–Crippen MR) is 91.8 cm³/mol. The molecule has 0 N–H and O–H groups in total. The molecule has 0 radical (unpaired) electrons. The van der Waals surface area contributed by atoms with Crippen LogP contribution in [-0.2, 0) is 11.3 Å². The Balaban J connectivity index is 1.45. The van der Waals surface area contributed by atoms with Crippen LogP contribution in [0.15, 0.2) is 35.8 Å². The largest absolute Gasteiger partial charge is 0.370 e. The number of nitrogens with zero attached hydrogens (tertiary/aromatic N) is 4. The summed E-state index contributed by atoms with van der Waals surface area (Å²) in [6.45, 7) is 5.81. The Hall–Kier alpha value is -1.50. The molecule has 2 saturated heterocycles. The van der Waals surface area contributed by atoms with Gasteiger partial charge < -0.3 is 9.64 Å². The van der Waals surface area contributed by atoms with Gasteiger partial charge in [-0.3, -0.25) is 4.90 Å². The molecule has 122 valence electrons. The summed E-state index contributed by atoms with van der Waals surface area (Å²) >= 11 is 1.61. The van der Waals surface area contributed by atoms with Crippen molar-refractivity contribution < 1.29 is 4.74 Å². The van der Waals surface area contributed by atoms with E-state index in [-0.39, 0.29) is 5.60 Å². The molecule has 2 aliphatic rings. The van der Waals surface area contributed by atoms with Crippen LogP contribution in [0.1, 0.15) is 18.4 Å². The second kappa shape index (κ2) is 6.55. The summed E-state index contributed by atoms with van der Waals surface area (Å²) in [4.78, 5) is 4.87. The molecule has 1 unspecified atom stereocenters. The van der Waals surface area contributed by atoms with E-state index in [2.05, 4.69) is 50.3 Å². The second-order valence-corrected chi connectivity index (χ2v) is 7.29. The van der Waals surface area contributed by atoms with Gasteiger partial charge in [-0.1, -0.05) is 41.7 Å². The van der Waals surface area contributed by atoms with E-state index in [4.69, 9.17) is 4.74 Å². The Labute approximate surface area is 140 Å². The van der Waals surface area contributed by atoms with Gasteiger partial charge in [0.15, 0.2) is 0 Å². The van der Waals surface area contributed by atoms with E-state index in [1.165, 1.54) is 5.56 Å². The quantitative estimate of drug-likeness (QED) is 0.864. The third-order valence-electron chi connectivity index (χ3n) is 4.74. The van der Waals surface area contributed by atoms with E-state index < -0.39 is 0 Å². The zero-order valence-electron chi connectivity index (χ0n) is 13.2.